The number of aromatic nitrogens is 1. The molecule has 1 fully saturated rings. The van der Waals surface area contributed by atoms with Gasteiger partial charge in [-0.15, -0.1) is 0 Å². The van der Waals surface area contributed by atoms with Gasteiger partial charge in [-0.25, -0.2) is 4.98 Å². The Morgan fingerprint density at radius 1 is 1.14 bits per heavy atom. The molecule has 3 rings (SSSR count). The minimum atomic E-state index is 0.00350. The van der Waals surface area contributed by atoms with E-state index in [0.29, 0.717) is 21.8 Å². The summed E-state index contributed by atoms with van der Waals surface area (Å²) in [5, 5.41) is 1.63. The molecule has 6 heteroatoms. The SMILES string of the molecule is Clc1ccc(CN2CCO[C@@H](c3ccc(Cl)c(Cl)c3)C2)cn1. The fourth-order valence-electron chi connectivity index (χ4n) is 2.52. The van der Waals surface area contributed by atoms with E-state index >= 15 is 0 Å². The molecule has 2 aromatic rings. The number of nitrogens with zero attached hydrogens (tertiary/aromatic N) is 2. The number of hydrogen-bond acceptors (Lipinski definition) is 3. The average Bonchev–Trinajstić information content (AvgIpc) is 2.53. The van der Waals surface area contributed by atoms with Gasteiger partial charge in [-0.2, -0.15) is 0 Å². The zero-order valence-electron chi connectivity index (χ0n) is 11.8. The second-order valence-corrected chi connectivity index (χ2v) is 6.46. The van der Waals surface area contributed by atoms with E-state index in [1.165, 1.54) is 0 Å². The Morgan fingerprint density at radius 2 is 2.00 bits per heavy atom. The predicted octanol–water partition coefficient (Wildman–Crippen LogP) is 4.62. The Hall–Kier alpha value is -0.840. The van der Waals surface area contributed by atoms with E-state index in [2.05, 4.69) is 9.88 Å². The third-order valence-corrected chi connectivity index (χ3v) is 4.62. The fourth-order valence-corrected chi connectivity index (χ4v) is 2.94. The summed E-state index contributed by atoms with van der Waals surface area (Å²) in [5.41, 5.74) is 2.19. The van der Waals surface area contributed by atoms with E-state index in [4.69, 9.17) is 39.5 Å². The molecule has 0 spiro atoms. The maximum absolute atomic E-state index is 6.09. The van der Waals surface area contributed by atoms with Crippen LogP contribution >= 0.6 is 34.8 Å². The minimum Gasteiger partial charge on any atom is -0.371 e. The van der Waals surface area contributed by atoms with Crippen molar-refractivity contribution in [3.8, 4) is 0 Å². The largest absolute Gasteiger partial charge is 0.371 e. The Balaban J connectivity index is 1.68. The molecule has 0 bridgehead atoms. The maximum Gasteiger partial charge on any atom is 0.129 e. The highest BCUT2D eigenvalue weighted by Crippen LogP contribution is 2.29. The van der Waals surface area contributed by atoms with Gasteiger partial charge in [0.2, 0.25) is 0 Å². The highest BCUT2D eigenvalue weighted by molar-refractivity contribution is 6.42. The highest BCUT2D eigenvalue weighted by Gasteiger charge is 2.22. The van der Waals surface area contributed by atoms with Crippen LogP contribution < -0.4 is 0 Å². The number of hydrogen-bond donors (Lipinski definition) is 0. The molecular formula is C16H15Cl3N2O. The lowest BCUT2D eigenvalue weighted by atomic mass is 10.1. The summed E-state index contributed by atoms with van der Waals surface area (Å²) in [5.74, 6) is 0. The number of rotatable bonds is 3. The van der Waals surface area contributed by atoms with Crippen molar-refractivity contribution >= 4 is 34.8 Å². The van der Waals surface area contributed by atoms with Crippen molar-refractivity contribution in [1.82, 2.24) is 9.88 Å². The van der Waals surface area contributed by atoms with Crippen LogP contribution in [0.3, 0.4) is 0 Å². The van der Waals surface area contributed by atoms with E-state index in [9.17, 15) is 0 Å². The van der Waals surface area contributed by atoms with Gasteiger partial charge < -0.3 is 4.74 Å². The molecular weight excluding hydrogens is 343 g/mol. The van der Waals surface area contributed by atoms with E-state index in [-0.39, 0.29) is 6.10 Å². The van der Waals surface area contributed by atoms with Gasteiger partial charge in [-0.3, -0.25) is 4.90 Å². The molecule has 1 aromatic heterocycles. The Morgan fingerprint density at radius 3 is 2.73 bits per heavy atom. The van der Waals surface area contributed by atoms with Gasteiger partial charge >= 0.3 is 0 Å². The molecule has 1 aliphatic heterocycles. The zero-order valence-corrected chi connectivity index (χ0v) is 14.1. The first-order valence-corrected chi connectivity index (χ1v) is 8.14. The molecule has 0 amide bonds. The smallest absolute Gasteiger partial charge is 0.129 e. The molecule has 3 nitrogen and oxygen atoms in total. The van der Waals surface area contributed by atoms with Crippen LogP contribution in [0.15, 0.2) is 36.5 Å². The lowest BCUT2D eigenvalue weighted by molar-refractivity contribution is -0.0329. The van der Waals surface area contributed by atoms with Crippen LogP contribution in [0.4, 0.5) is 0 Å². The molecule has 22 heavy (non-hydrogen) atoms. The van der Waals surface area contributed by atoms with Crippen LogP contribution in [0.2, 0.25) is 15.2 Å². The molecule has 1 aliphatic rings. The maximum atomic E-state index is 6.09. The van der Waals surface area contributed by atoms with Crippen molar-refractivity contribution < 1.29 is 4.74 Å². The summed E-state index contributed by atoms with van der Waals surface area (Å²) in [6.07, 6.45) is 1.81. The standard InChI is InChI=1S/C16H15Cl3N2O/c17-13-3-2-12(7-14(13)18)15-10-21(5-6-22-15)9-11-1-4-16(19)20-8-11/h1-4,7-8,15H,5-6,9-10H2/t15-/m1/s1. The lowest BCUT2D eigenvalue weighted by Crippen LogP contribution is -2.37. The van der Waals surface area contributed by atoms with E-state index in [1.807, 2.05) is 36.5 Å². The topological polar surface area (TPSA) is 25.4 Å². The number of halogens is 3. The molecule has 0 unspecified atom stereocenters. The zero-order chi connectivity index (χ0) is 15.5. The lowest BCUT2D eigenvalue weighted by Gasteiger charge is -2.33. The summed E-state index contributed by atoms with van der Waals surface area (Å²) in [6.45, 7) is 3.21. The highest BCUT2D eigenvalue weighted by atomic mass is 35.5. The number of ether oxygens (including phenoxy) is 1. The van der Waals surface area contributed by atoms with Gasteiger partial charge in [0, 0.05) is 25.8 Å². The second-order valence-electron chi connectivity index (χ2n) is 5.26. The van der Waals surface area contributed by atoms with E-state index < -0.39 is 0 Å². The molecule has 116 valence electrons. The third kappa shape index (κ3) is 3.92. The van der Waals surface area contributed by atoms with Crippen LogP contribution in [-0.4, -0.2) is 29.6 Å². The van der Waals surface area contributed by atoms with Crippen molar-refractivity contribution in [2.75, 3.05) is 19.7 Å². The number of pyridine rings is 1. The van der Waals surface area contributed by atoms with Crippen molar-refractivity contribution in [3.63, 3.8) is 0 Å². The molecule has 0 N–H and O–H groups in total. The Labute approximate surface area is 144 Å². The first kappa shape index (κ1) is 16.0. The molecule has 1 saturated heterocycles. The molecule has 0 aliphatic carbocycles. The van der Waals surface area contributed by atoms with Gasteiger partial charge in [0.15, 0.2) is 0 Å². The van der Waals surface area contributed by atoms with Crippen LogP contribution in [0.1, 0.15) is 17.2 Å². The quantitative estimate of drug-likeness (QED) is 0.750. The minimum absolute atomic E-state index is 0.00350. The van der Waals surface area contributed by atoms with Crippen LogP contribution in [0.25, 0.3) is 0 Å². The van der Waals surface area contributed by atoms with Gasteiger partial charge in [-0.05, 0) is 29.3 Å². The molecule has 2 heterocycles. The normalized spacial score (nSPS) is 19.3. The van der Waals surface area contributed by atoms with Crippen molar-refractivity contribution in [3.05, 3.63) is 62.9 Å². The average molecular weight is 358 g/mol. The van der Waals surface area contributed by atoms with Crippen LogP contribution in [-0.2, 0) is 11.3 Å². The monoisotopic (exact) mass is 356 g/mol. The van der Waals surface area contributed by atoms with Gasteiger partial charge in [0.25, 0.3) is 0 Å². The van der Waals surface area contributed by atoms with Gasteiger partial charge in [-0.1, -0.05) is 46.9 Å². The van der Waals surface area contributed by atoms with E-state index in [0.717, 1.165) is 30.8 Å². The number of benzene rings is 1. The molecule has 0 radical (unpaired) electrons. The van der Waals surface area contributed by atoms with Crippen LogP contribution in [0, 0.1) is 0 Å². The summed E-state index contributed by atoms with van der Waals surface area (Å²) < 4.78 is 5.87. The Kier molecular flexibility index (Phi) is 5.21. The first-order valence-electron chi connectivity index (χ1n) is 7.01. The second kappa shape index (κ2) is 7.16. The molecule has 1 atom stereocenters. The van der Waals surface area contributed by atoms with Gasteiger partial charge in [0.05, 0.1) is 22.8 Å². The third-order valence-electron chi connectivity index (χ3n) is 3.66. The summed E-state index contributed by atoms with van der Waals surface area (Å²) in [6, 6.07) is 9.46. The van der Waals surface area contributed by atoms with Gasteiger partial charge in [0.1, 0.15) is 5.15 Å². The fraction of sp³-hybridized carbons (Fsp3) is 0.312. The number of morpholine rings is 1. The van der Waals surface area contributed by atoms with Crippen molar-refractivity contribution in [1.29, 1.82) is 0 Å². The Bertz CT molecular complexity index is 648. The summed E-state index contributed by atoms with van der Waals surface area (Å²) in [4.78, 5) is 6.45. The first-order chi connectivity index (χ1) is 10.6. The molecule has 0 saturated carbocycles. The summed E-state index contributed by atoms with van der Waals surface area (Å²) in [7, 11) is 0. The summed E-state index contributed by atoms with van der Waals surface area (Å²) >= 11 is 17.9. The predicted molar refractivity (Wildman–Crippen MR) is 89.7 cm³/mol. The van der Waals surface area contributed by atoms with Crippen LogP contribution in [0.5, 0.6) is 0 Å². The van der Waals surface area contributed by atoms with Crippen molar-refractivity contribution in [2.24, 2.45) is 0 Å². The van der Waals surface area contributed by atoms with Crippen molar-refractivity contribution in [2.45, 2.75) is 12.6 Å². The molecule has 1 aromatic carbocycles. The van der Waals surface area contributed by atoms with E-state index in [1.54, 1.807) is 0 Å².